The molecule has 1 aliphatic heterocycles. The fraction of sp³-hybridized carbons (Fsp3) is 0.478. The number of pyridine rings is 1. The van der Waals surface area contributed by atoms with Crippen molar-refractivity contribution in [3.8, 4) is 5.75 Å². The van der Waals surface area contributed by atoms with Crippen LogP contribution in [-0.2, 0) is 14.3 Å². The highest BCUT2D eigenvalue weighted by molar-refractivity contribution is 5.95. The van der Waals surface area contributed by atoms with E-state index in [0.717, 1.165) is 6.07 Å². The fourth-order valence-corrected chi connectivity index (χ4v) is 4.00. The second kappa shape index (κ2) is 9.48. The number of rotatable bonds is 7. The van der Waals surface area contributed by atoms with E-state index in [9.17, 15) is 18.7 Å². The van der Waals surface area contributed by atoms with Gasteiger partial charge in [-0.1, -0.05) is 13.0 Å². The molecule has 1 aromatic heterocycles. The minimum absolute atomic E-state index is 0.0966. The Morgan fingerprint density at radius 1 is 1.28 bits per heavy atom. The van der Waals surface area contributed by atoms with E-state index in [1.54, 1.807) is 12.1 Å². The zero-order valence-corrected chi connectivity index (χ0v) is 18.7. The SMILES string of the molecule is COC[C@@H](O)c1ccc(NC(=O)[C@@H]2OC(C)(C)[C@@H](C)[C@H]2c2ccc(F)c(F)c2OC)cn1. The van der Waals surface area contributed by atoms with E-state index in [1.165, 1.54) is 26.5 Å². The van der Waals surface area contributed by atoms with E-state index in [2.05, 4.69) is 10.3 Å². The molecule has 0 spiro atoms. The van der Waals surface area contributed by atoms with Gasteiger partial charge in [0.2, 0.25) is 5.82 Å². The molecule has 1 fully saturated rings. The number of carbonyl (C=O) groups is 1. The van der Waals surface area contributed by atoms with Crippen LogP contribution in [0.25, 0.3) is 0 Å². The zero-order valence-electron chi connectivity index (χ0n) is 18.7. The van der Waals surface area contributed by atoms with Gasteiger partial charge in [-0.25, -0.2) is 4.39 Å². The highest BCUT2D eigenvalue weighted by Crippen LogP contribution is 2.49. The minimum Gasteiger partial charge on any atom is -0.493 e. The van der Waals surface area contributed by atoms with Crippen molar-refractivity contribution in [1.82, 2.24) is 4.98 Å². The summed E-state index contributed by atoms with van der Waals surface area (Å²) in [7, 11) is 2.73. The molecule has 0 saturated carbocycles. The summed E-state index contributed by atoms with van der Waals surface area (Å²) in [6, 6.07) is 5.64. The van der Waals surface area contributed by atoms with E-state index in [0.29, 0.717) is 16.9 Å². The molecule has 2 heterocycles. The highest BCUT2D eigenvalue weighted by Gasteiger charge is 2.51. The first kappa shape index (κ1) is 24.0. The quantitative estimate of drug-likeness (QED) is 0.670. The predicted molar refractivity (Wildman–Crippen MR) is 113 cm³/mol. The number of nitrogens with zero attached hydrogens (tertiary/aromatic N) is 1. The highest BCUT2D eigenvalue weighted by atomic mass is 19.2. The van der Waals surface area contributed by atoms with Crippen LogP contribution < -0.4 is 10.1 Å². The molecule has 174 valence electrons. The summed E-state index contributed by atoms with van der Waals surface area (Å²) in [5.74, 6) is -3.60. The van der Waals surface area contributed by atoms with Gasteiger partial charge in [0, 0.05) is 18.6 Å². The maximum absolute atomic E-state index is 14.4. The monoisotopic (exact) mass is 450 g/mol. The summed E-state index contributed by atoms with van der Waals surface area (Å²) in [6.45, 7) is 5.68. The standard InChI is InChI=1S/C23H28F2N2O5/c1-12-18(14-7-8-15(24)19(25)20(14)31-5)21(32-23(12,2)3)22(29)27-13-6-9-16(26-10-13)17(28)11-30-4/h6-10,12,17-18,21,28H,11H2,1-5H3,(H,27,29)/t12-,17+,18-,21+/m0/s1. The van der Waals surface area contributed by atoms with Crippen LogP contribution in [0.15, 0.2) is 30.5 Å². The normalized spacial score (nSPS) is 23.1. The van der Waals surface area contributed by atoms with E-state index in [-0.39, 0.29) is 18.3 Å². The molecule has 4 atom stereocenters. The number of aliphatic hydroxyl groups is 1. The van der Waals surface area contributed by atoms with Gasteiger partial charge in [-0.2, -0.15) is 4.39 Å². The number of anilines is 1. The van der Waals surface area contributed by atoms with Crippen LogP contribution in [-0.4, -0.2) is 48.5 Å². The smallest absolute Gasteiger partial charge is 0.254 e. The topological polar surface area (TPSA) is 89.9 Å². The summed E-state index contributed by atoms with van der Waals surface area (Å²) in [5, 5.41) is 12.7. The molecule has 9 heteroatoms. The molecule has 0 bridgehead atoms. The summed E-state index contributed by atoms with van der Waals surface area (Å²) >= 11 is 0. The molecule has 2 aromatic rings. The van der Waals surface area contributed by atoms with Gasteiger partial charge in [-0.3, -0.25) is 9.78 Å². The summed E-state index contributed by atoms with van der Waals surface area (Å²) in [4.78, 5) is 17.3. The average Bonchev–Trinajstić information content (AvgIpc) is 3.00. The second-order valence-corrected chi connectivity index (χ2v) is 8.37. The molecule has 0 aliphatic carbocycles. The summed E-state index contributed by atoms with van der Waals surface area (Å²) < 4.78 is 44.3. The van der Waals surface area contributed by atoms with Crippen LogP contribution in [0.2, 0.25) is 0 Å². The van der Waals surface area contributed by atoms with Crippen LogP contribution in [0.5, 0.6) is 5.75 Å². The van der Waals surface area contributed by atoms with E-state index >= 15 is 0 Å². The van der Waals surface area contributed by atoms with E-state index < -0.39 is 41.3 Å². The maximum Gasteiger partial charge on any atom is 0.254 e. The largest absolute Gasteiger partial charge is 0.493 e. The van der Waals surface area contributed by atoms with Crippen LogP contribution in [0.3, 0.4) is 0 Å². The van der Waals surface area contributed by atoms with Crippen molar-refractivity contribution >= 4 is 11.6 Å². The van der Waals surface area contributed by atoms with Crippen molar-refractivity contribution in [3.05, 3.63) is 53.4 Å². The Balaban J connectivity index is 1.88. The Labute approximate surface area is 185 Å². The summed E-state index contributed by atoms with van der Waals surface area (Å²) in [6.07, 6.45) is -0.435. The van der Waals surface area contributed by atoms with Crippen molar-refractivity contribution in [2.24, 2.45) is 5.92 Å². The molecule has 1 saturated heterocycles. The third-order valence-corrected chi connectivity index (χ3v) is 6.01. The Morgan fingerprint density at radius 3 is 2.59 bits per heavy atom. The molecule has 32 heavy (non-hydrogen) atoms. The van der Waals surface area contributed by atoms with Crippen molar-refractivity contribution in [3.63, 3.8) is 0 Å². The molecule has 1 aliphatic rings. The van der Waals surface area contributed by atoms with Crippen molar-refractivity contribution < 1.29 is 32.9 Å². The van der Waals surface area contributed by atoms with Crippen LogP contribution >= 0.6 is 0 Å². The fourth-order valence-electron chi connectivity index (χ4n) is 4.00. The molecule has 0 unspecified atom stereocenters. The number of ether oxygens (including phenoxy) is 3. The lowest BCUT2D eigenvalue weighted by molar-refractivity contribution is -0.131. The number of amides is 1. The Kier molecular flexibility index (Phi) is 7.12. The third-order valence-electron chi connectivity index (χ3n) is 6.01. The number of hydrogen-bond donors (Lipinski definition) is 2. The zero-order chi connectivity index (χ0) is 23.6. The second-order valence-electron chi connectivity index (χ2n) is 8.37. The third kappa shape index (κ3) is 4.60. The minimum atomic E-state index is -1.10. The first-order chi connectivity index (χ1) is 15.1. The molecule has 3 rings (SSSR count). The number of nitrogens with one attached hydrogen (secondary N) is 1. The van der Waals surface area contributed by atoms with Crippen molar-refractivity contribution in [2.75, 3.05) is 26.1 Å². The molecule has 2 N–H and O–H groups in total. The Morgan fingerprint density at radius 2 is 2.00 bits per heavy atom. The first-order valence-corrected chi connectivity index (χ1v) is 10.2. The number of aliphatic hydroxyl groups excluding tert-OH is 1. The van der Waals surface area contributed by atoms with Crippen LogP contribution in [0, 0.1) is 17.6 Å². The average molecular weight is 450 g/mol. The van der Waals surface area contributed by atoms with Crippen LogP contribution in [0.4, 0.5) is 14.5 Å². The number of halogens is 2. The van der Waals surface area contributed by atoms with Gasteiger partial charge in [0.05, 0.1) is 36.9 Å². The van der Waals surface area contributed by atoms with Gasteiger partial charge in [0.15, 0.2) is 11.6 Å². The lowest BCUT2D eigenvalue weighted by atomic mass is 9.78. The van der Waals surface area contributed by atoms with Gasteiger partial charge in [0.25, 0.3) is 5.91 Å². The number of aromatic nitrogens is 1. The lowest BCUT2D eigenvalue weighted by Crippen LogP contribution is -2.33. The molecular formula is C23H28F2N2O5. The van der Waals surface area contributed by atoms with Crippen molar-refractivity contribution in [1.29, 1.82) is 0 Å². The number of methoxy groups -OCH3 is 2. The van der Waals surface area contributed by atoms with E-state index in [1.807, 2.05) is 20.8 Å². The van der Waals surface area contributed by atoms with Gasteiger partial charge < -0.3 is 24.6 Å². The molecule has 7 nitrogen and oxygen atoms in total. The number of hydrogen-bond acceptors (Lipinski definition) is 6. The lowest BCUT2D eigenvalue weighted by Gasteiger charge is -2.25. The number of benzene rings is 1. The maximum atomic E-state index is 14.4. The Hall–Kier alpha value is -2.62. The van der Waals surface area contributed by atoms with Crippen molar-refractivity contribution in [2.45, 2.75) is 44.5 Å². The predicted octanol–water partition coefficient (Wildman–Crippen LogP) is 3.58. The molecular weight excluding hydrogens is 422 g/mol. The first-order valence-electron chi connectivity index (χ1n) is 10.2. The van der Waals surface area contributed by atoms with Crippen LogP contribution in [0.1, 0.15) is 44.1 Å². The molecule has 1 aromatic carbocycles. The summed E-state index contributed by atoms with van der Waals surface area (Å²) in [5.41, 5.74) is 0.469. The van der Waals surface area contributed by atoms with Gasteiger partial charge in [-0.05, 0) is 38.0 Å². The Bertz CT molecular complexity index is 968. The van der Waals surface area contributed by atoms with Gasteiger partial charge in [-0.15, -0.1) is 0 Å². The number of carbonyl (C=O) groups excluding carboxylic acids is 1. The van der Waals surface area contributed by atoms with Gasteiger partial charge >= 0.3 is 0 Å². The van der Waals surface area contributed by atoms with Gasteiger partial charge in [0.1, 0.15) is 12.2 Å². The molecule has 0 radical (unpaired) electrons. The van der Waals surface area contributed by atoms with E-state index in [4.69, 9.17) is 14.2 Å². The molecule has 1 amide bonds.